The van der Waals surface area contributed by atoms with Gasteiger partial charge < -0.3 is 13.7 Å². The van der Waals surface area contributed by atoms with Gasteiger partial charge in [-0.15, -0.1) is 0 Å². The molecule has 3 nitrogen and oxygen atoms in total. The van der Waals surface area contributed by atoms with Gasteiger partial charge in [0.2, 0.25) is 0 Å². The fourth-order valence-corrected chi connectivity index (χ4v) is 23.9. The number of hydrogen-bond acceptors (Lipinski definition) is 3. The zero-order valence-electron chi connectivity index (χ0n) is 12.7. The molecule has 0 heterocycles. The van der Waals surface area contributed by atoms with Gasteiger partial charge in [0.1, 0.15) is 0 Å². The second kappa shape index (κ2) is 5.39. The predicted octanol–water partition coefficient (Wildman–Crippen LogP) is 2.89. The molecule has 0 aliphatic carbocycles. The van der Waals surface area contributed by atoms with E-state index < -0.39 is 33.3 Å². The second-order valence-corrected chi connectivity index (χ2v) is 26.5. The van der Waals surface area contributed by atoms with Crippen molar-refractivity contribution in [2.24, 2.45) is 0 Å². The van der Waals surface area contributed by atoms with Crippen LogP contribution in [0, 0.1) is 0 Å². The Hall–Kier alpha value is 0.748. The summed E-state index contributed by atoms with van der Waals surface area (Å²) in [6.07, 6.45) is 0. The highest BCUT2D eigenvalue weighted by atomic mass is 28.5. The molecule has 0 bridgehead atoms. The van der Waals surface area contributed by atoms with Crippen molar-refractivity contribution in [3.8, 4) is 0 Å². The Labute approximate surface area is 111 Å². The third-order valence-corrected chi connectivity index (χ3v) is 19.4. The van der Waals surface area contributed by atoms with Gasteiger partial charge in [0, 0.05) is 16.1 Å². The van der Waals surface area contributed by atoms with Crippen LogP contribution in [-0.4, -0.2) is 42.9 Å². The fraction of sp³-hybridized carbons (Fsp3) is 1.00. The first kappa shape index (κ1) is 17.7. The number of hydrogen-bond donors (Lipinski definition) is 2. The van der Waals surface area contributed by atoms with Gasteiger partial charge in [0.05, 0.1) is 0 Å². The maximum atomic E-state index is 10.4. The van der Waals surface area contributed by atoms with Crippen LogP contribution in [0.25, 0.3) is 0 Å². The number of rotatable bonds is 6. The maximum Gasteiger partial charge on any atom is 0.320 e. The molecule has 0 rings (SSSR count). The topological polar surface area (TPSA) is 49.7 Å². The lowest BCUT2D eigenvalue weighted by Crippen LogP contribution is -2.54. The van der Waals surface area contributed by atoms with E-state index in [1.54, 1.807) is 0 Å². The molecule has 0 saturated heterocycles. The Bertz CT molecular complexity index is 227. The summed E-state index contributed by atoms with van der Waals surface area (Å²) >= 11 is 0. The van der Waals surface area contributed by atoms with E-state index in [2.05, 4.69) is 39.3 Å². The average molecular weight is 311 g/mol. The molecule has 0 radical (unpaired) electrons. The van der Waals surface area contributed by atoms with Gasteiger partial charge in [-0.3, -0.25) is 0 Å². The van der Waals surface area contributed by atoms with Crippen LogP contribution in [0.4, 0.5) is 0 Å². The van der Waals surface area contributed by atoms with E-state index in [4.69, 9.17) is 4.12 Å². The molecule has 104 valence electrons. The van der Waals surface area contributed by atoms with Crippen LogP contribution in [0.5, 0.6) is 0 Å². The second-order valence-electron chi connectivity index (χ2n) is 7.93. The highest BCUT2D eigenvalue weighted by molar-refractivity contribution is 6.96. The zero-order chi connectivity index (χ0) is 14.1. The summed E-state index contributed by atoms with van der Waals surface area (Å²) in [7, 11) is -8.04. The van der Waals surface area contributed by atoms with Gasteiger partial charge in [-0.05, 0) is 24.4 Å². The maximum absolute atomic E-state index is 10.4. The Balaban J connectivity index is 4.59. The van der Waals surface area contributed by atoms with Gasteiger partial charge in [-0.25, -0.2) is 0 Å². The summed E-state index contributed by atoms with van der Waals surface area (Å²) < 4.78 is 5.84. The molecule has 2 N–H and O–H groups in total. The molecule has 2 unspecified atom stereocenters. The fourth-order valence-electron chi connectivity index (χ4n) is 2.51. The van der Waals surface area contributed by atoms with E-state index in [0.29, 0.717) is 0 Å². The van der Waals surface area contributed by atoms with E-state index in [-0.39, 0.29) is 0 Å². The van der Waals surface area contributed by atoms with Crippen LogP contribution in [0.2, 0.25) is 63.7 Å². The molecule has 17 heavy (non-hydrogen) atoms. The Kier molecular flexibility index (Phi) is 5.63. The van der Waals surface area contributed by atoms with Crippen molar-refractivity contribution in [2.45, 2.75) is 63.7 Å². The smallest absolute Gasteiger partial charge is 0.320 e. The van der Waals surface area contributed by atoms with Gasteiger partial charge >= 0.3 is 17.1 Å². The van der Waals surface area contributed by atoms with Gasteiger partial charge in [-0.1, -0.05) is 39.3 Å². The molecule has 7 heteroatoms. The highest BCUT2D eigenvalue weighted by Gasteiger charge is 2.43. The molecule has 0 aliphatic heterocycles. The third kappa shape index (κ3) is 10.4. The average Bonchev–Trinajstić information content (AvgIpc) is 1.65. The monoisotopic (exact) mass is 310 g/mol. The third-order valence-electron chi connectivity index (χ3n) is 2.16. The molecular formula is C10H30O3Si4. The van der Waals surface area contributed by atoms with E-state index in [1.807, 2.05) is 13.1 Å². The van der Waals surface area contributed by atoms with Crippen LogP contribution in [0.15, 0.2) is 0 Å². The van der Waals surface area contributed by atoms with Crippen LogP contribution in [-0.2, 0) is 4.12 Å². The van der Waals surface area contributed by atoms with E-state index in [9.17, 15) is 9.59 Å². The summed E-state index contributed by atoms with van der Waals surface area (Å²) in [5.74, 6) is 0. The van der Waals surface area contributed by atoms with Crippen molar-refractivity contribution >= 4 is 33.3 Å². The first-order valence-electron chi connectivity index (χ1n) is 6.27. The van der Waals surface area contributed by atoms with Crippen molar-refractivity contribution < 1.29 is 13.7 Å². The molecule has 0 fully saturated rings. The van der Waals surface area contributed by atoms with Gasteiger partial charge in [0.25, 0.3) is 0 Å². The molecule has 0 aromatic heterocycles. The van der Waals surface area contributed by atoms with Crippen molar-refractivity contribution in [1.29, 1.82) is 0 Å². The Morgan fingerprint density at radius 3 is 1.06 bits per heavy atom. The van der Waals surface area contributed by atoms with Crippen molar-refractivity contribution in [3.05, 3.63) is 0 Å². The molecule has 0 amide bonds. The Morgan fingerprint density at radius 2 is 0.882 bits per heavy atom. The lowest BCUT2D eigenvalue weighted by atomic mass is 11.7. The summed E-state index contributed by atoms with van der Waals surface area (Å²) in [5.41, 5.74) is 1.60. The largest absolute Gasteiger partial charge is 0.415 e. The molecule has 0 saturated carbocycles. The highest BCUT2D eigenvalue weighted by Crippen LogP contribution is 2.25. The van der Waals surface area contributed by atoms with E-state index in [1.165, 1.54) is 0 Å². The molecule has 0 aromatic rings. The first-order valence-corrected chi connectivity index (χ1v) is 18.8. The lowest BCUT2D eigenvalue weighted by molar-refractivity contribution is 0.316. The Morgan fingerprint density at radius 1 is 0.647 bits per heavy atom. The minimum atomic E-state index is -2.68. The molecule has 0 aromatic carbocycles. The summed E-state index contributed by atoms with van der Waals surface area (Å²) in [4.78, 5) is 20.8. The predicted molar refractivity (Wildman–Crippen MR) is 85.1 cm³/mol. The summed E-state index contributed by atoms with van der Waals surface area (Å²) in [6.45, 7) is 17.0. The van der Waals surface area contributed by atoms with Crippen LogP contribution < -0.4 is 0 Å². The minimum absolute atomic E-state index is 0.800. The normalized spacial score (nSPS) is 20.8. The van der Waals surface area contributed by atoms with Crippen LogP contribution in [0.1, 0.15) is 0 Å². The standard InChI is InChI=1S/C10H30O3Si4/c1-14(2,3)9-16(7,11)13-17(8,12)10-15(4,5)6/h11-12H,9-10H2,1-8H3. The van der Waals surface area contributed by atoms with Crippen LogP contribution in [0.3, 0.4) is 0 Å². The van der Waals surface area contributed by atoms with E-state index >= 15 is 0 Å². The molecule has 0 aliphatic rings. The zero-order valence-corrected chi connectivity index (χ0v) is 16.7. The lowest BCUT2D eigenvalue weighted by Gasteiger charge is -2.35. The van der Waals surface area contributed by atoms with Crippen molar-refractivity contribution in [3.63, 3.8) is 0 Å². The summed E-state index contributed by atoms with van der Waals surface area (Å²) in [5, 5.41) is 0. The molecule has 2 atom stereocenters. The summed E-state index contributed by atoms with van der Waals surface area (Å²) in [6, 6.07) is 0. The van der Waals surface area contributed by atoms with Gasteiger partial charge in [-0.2, -0.15) is 0 Å². The first-order chi connectivity index (χ1) is 7.12. The minimum Gasteiger partial charge on any atom is -0.415 e. The quantitative estimate of drug-likeness (QED) is 0.742. The van der Waals surface area contributed by atoms with Gasteiger partial charge in [0.15, 0.2) is 0 Å². The van der Waals surface area contributed by atoms with E-state index in [0.717, 1.165) is 11.3 Å². The SMILES string of the molecule is C[Si](C)(C)C[Si](C)(O)O[Si](C)(O)C[Si](C)(C)C. The van der Waals surface area contributed by atoms with Crippen molar-refractivity contribution in [1.82, 2.24) is 0 Å². The van der Waals surface area contributed by atoms with Crippen LogP contribution >= 0.6 is 0 Å². The van der Waals surface area contributed by atoms with Crippen molar-refractivity contribution in [2.75, 3.05) is 0 Å². The molecule has 0 spiro atoms. The molecular weight excluding hydrogens is 280 g/mol.